The SMILES string of the molecule is CC(C)C(OCC1CCCC1)C(=O)O. The molecule has 3 heteroatoms. The number of rotatable bonds is 5. The van der Waals surface area contributed by atoms with Gasteiger partial charge in [0, 0.05) is 0 Å². The van der Waals surface area contributed by atoms with Gasteiger partial charge in [0.05, 0.1) is 6.61 Å². The summed E-state index contributed by atoms with van der Waals surface area (Å²) in [6.07, 6.45) is 4.31. The lowest BCUT2D eigenvalue weighted by atomic mass is 10.1. The molecule has 1 unspecified atom stereocenters. The minimum absolute atomic E-state index is 0.0499. The van der Waals surface area contributed by atoms with Crippen molar-refractivity contribution in [1.29, 1.82) is 0 Å². The van der Waals surface area contributed by atoms with Crippen molar-refractivity contribution in [3.05, 3.63) is 0 Å². The van der Waals surface area contributed by atoms with Gasteiger partial charge in [-0.25, -0.2) is 4.79 Å². The van der Waals surface area contributed by atoms with Gasteiger partial charge in [0.25, 0.3) is 0 Å². The van der Waals surface area contributed by atoms with E-state index >= 15 is 0 Å². The van der Waals surface area contributed by atoms with Crippen molar-refractivity contribution in [2.45, 2.75) is 45.6 Å². The van der Waals surface area contributed by atoms with Crippen LogP contribution in [-0.4, -0.2) is 23.8 Å². The summed E-state index contributed by atoms with van der Waals surface area (Å²) in [6, 6.07) is 0. The summed E-state index contributed by atoms with van der Waals surface area (Å²) in [5, 5.41) is 8.89. The first kappa shape index (κ1) is 11.5. The van der Waals surface area contributed by atoms with Gasteiger partial charge < -0.3 is 9.84 Å². The molecule has 1 aliphatic carbocycles. The molecule has 1 saturated carbocycles. The zero-order chi connectivity index (χ0) is 10.6. The number of carboxylic acids is 1. The van der Waals surface area contributed by atoms with Crippen LogP contribution in [0.25, 0.3) is 0 Å². The van der Waals surface area contributed by atoms with Crippen LogP contribution in [0.3, 0.4) is 0 Å². The molecule has 0 heterocycles. The van der Waals surface area contributed by atoms with Crippen LogP contribution in [0.2, 0.25) is 0 Å². The van der Waals surface area contributed by atoms with E-state index in [1.807, 2.05) is 13.8 Å². The summed E-state index contributed by atoms with van der Waals surface area (Å²) in [4.78, 5) is 10.8. The second-order valence-corrected chi connectivity index (χ2v) is 4.49. The predicted octanol–water partition coefficient (Wildman–Crippen LogP) is 2.30. The topological polar surface area (TPSA) is 46.5 Å². The Labute approximate surface area is 85.5 Å². The van der Waals surface area contributed by atoms with Gasteiger partial charge in [-0.15, -0.1) is 0 Å². The first-order chi connectivity index (χ1) is 6.61. The molecular formula is C11H20O3. The Bertz CT molecular complexity index is 183. The molecule has 14 heavy (non-hydrogen) atoms. The number of carbonyl (C=O) groups is 1. The highest BCUT2D eigenvalue weighted by molar-refractivity contribution is 5.72. The predicted molar refractivity (Wildman–Crippen MR) is 54.2 cm³/mol. The Kier molecular flexibility index (Phi) is 4.39. The van der Waals surface area contributed by atoms with Crippen LogP contribution in [-0.2, 0) is 9.53 Å². The highest BCUT2D eigenvalue weighted by atomic mass is 16.5. The lowest BCUT2D eigenvalue weighted by Gasteiger charge is -2.19. The fraction of sp³-hybridized carbons (Fsp3) is 0.909. The van der Waals surface area contributed by atoms with Crippen LogP contribution < -0.4 is 0 Å². The number of hydrogen-bond acceptors (Lipinski definition) is 2. The van der Waals surface area contributed by atoms with E-state index in [-0.39, 0.29) is 5.92 Å². The minimum atomic E-state index is -0.835. The van der Waals surface area contributed by atoms with E-state index in [1.165, 1.54) is 25.7 Å². The van der Waals surface area contributed by atoms with Crippen molar-refractivity contribution in [3.63, 3.8) is 0 Å². The quantitative estimate of drug-likeness (QED) is 0.740. The smallest absolute Gasteiger partial charge is 0.333 e. The van der Waals surface area contributed by atoms with Crippen LogP contribution in [0.5, 0.6) is 0 Å². The molecule has 3 nitrogen and oxygen atoms in total. The van der Waals surface area contributed by atoms with E-state index in [9.17, 15) is 4.79 Å². The molecule has 0 saturated heterocycles. The van der Waals surface area contributed by atoms with E-state index < -0.39 is 12.1 Å². The third-order valence-corrected chi connectivity index (χ3v) is 2.84. The zero-order valence-corrected chi connectivity index (χ0v) is 9.03. The maximum atomic E-state index is 10.8. The number of ether oxygens (including phenoxy) is 1. The van der Waals surface area contributed by atoms with Crippen molar-refractivity contribution in [2.24, 2.45) is 11.8 Å². The Morgan fingerprint density at radius 2 is 2.00 bits per heavy atom. The molecule has 0 aliphatic heterocycles. The molecule has 0 aromatic carbocycles. The average Bonchev–Trinajstić information content (AvgIpc) is 2.55. The van der Waals surface area contributed by atoms with Crippen molar-refractivity contribution in [3.8, 4) is 0 Å². The Balaban J connectivity index is 2.28. The highest BCUT2D eigenvalue weighted by Crippen LogP contribution is 2.25. The average molecular weight is 200 g/mol. The number of aliphatic carboxylic acids is 1. The molecule has 1 rings (SSSR count). The maximum Gasteiger partial charge on any atom is 0.333 e. The largest absolute Gasteiger partial charge is 0.479 e. The van der Waals surface area contributed by atoms with E-state index in [2.05, 4.69) is 0 Å². The van der Waals surface area contributed by atoms with Gasteiger partial charge in [-0.1, -0.05) is 26.7 Å². The van der Waals surface area contributed by atoms with Crippen LogP contribution in [0.4, 0.5) is 0 Å². The summed E-state index contributed by atoms with van der Waals surface area (Å²) in [5.41, 5.74) is 0. The van der Waals surface area contributed by atoms with Crippen molar-refractivity contribution < 1.29 is 14.6 Å². The summed E-state index contributed by atoms with van der Waals surface area (Å²) in [6.45, 7) is 4.38. The van der Waals surface area contributed by atoms with Crippen LogP contribution in [0.15, 0.2) is 0 Å². The summed E-state index contributed by atoms with van der Waals surface area (Å²) >= 11 is 0. The molecule has 0 spiro atoms. The van der Waals surface area contributed by atoms with Gasteiger partial charge in [-0.3, -0.25) is 0 Å². The van der Waals surface area contributed by atoms with Gasteiger partial charge in [0.1, 0.15) is 0 Å². The van der Waals surface area contributed by atoms with Crippen molar-refractivity contribution in [1.82, 2.24) is 0 Å². The fourth-order valence-corrected chi connectivity index (χ4v) is 1.97. The lowest BCUT2D eigenvalue weighted by Crippen LogP contribution is -2.31. The Morgan fingerprint density at radius 3 is 2.43 bits per heavy atom. The molecule has 1 N–H and O–H groups in total. The first-order valence-corrected chi connectivity index (χ1v) is 5.45. The molecule has 0 amide bonds. The number of hydrogen-bond donors (Lipinski definition) is 1. The molecule has 0 bridgehead atoms. The van der Waals surface area contributed by atoms with E-state index in [4.69, 9.17) is 9.84 Å². The Hall–Kier alpha value is -0.570. The van der Waals surface area contributed by atoms with Gasteiger partial charge in [-0.05, 0) is 24.7 Å². The molecule has 0 aromatic rings. The minimum Gasteiger partial charge on any atom is -0.479 e. The standard InChI is InChI=1S/C11H20O3/c1-8(2)10(11(12)13)14-7-9-5-3-4-6-9/h8-10H,3-7H2,1-2H3,(H,12,13). The van der Waals surface area contributed by atoms with E-state index in [0.717, 1.165) is 0 Å². The van der Waals surface area contributed by atoms with E-state index in [0.29, 0.717) is 12.5 Å². The normalized spacial score (nSPS) is 20.2. The van der Waals surface area contributed by atoms with Gasteiger partial charge >= 0.3 is 5.97 Å². The molecule has 0 radical (unpaired) electrons. The molecule has 1 atom stereocenters. The van der Waals surface area contributed by atoms with Gasteiger partial charge in [0.15, 0.2) is 6.10 Å². The van der Waals surface area contributed by atoms with Crippen molar-refractivity contribution in [2.75, 3.05) is 6.61 Å². The molecule has 0 aromatic heterocycles. The third-order valence-electron chi connectivity index (χ3n) is 2.84. The molecule has 82 valence electrons. The zero-order valence-electron chi connectivity index (χ0n) is 9.03. The monoisotopic (exact) mass is 200 g/mol. The maximum absolute atomic E-state index is 10.8. The highest BCUT2D eigenvalue weighted by Gasteiger charge is 2.24. The lowest BCUT2D eigenvalue weighted by molar-refractivity contribution is -0.154. The van der Waals surface area contributed by atoms with E-state index in [1.54, 1.807) is 0 Å². The summed E-state index contributed by atoms with van der Waals surface area (Å²) in [5.74, 6) is -0.192. The second-order valence-electron chi connectivity index (χ2n) is 4.49. The third kappa shape index (κ3) is 3.29. The summed E-state index contributed by atoms with van der Waals surface area (Å²) in [7, 11) is 0. The fourth-order valence-electron chi connectivity index (χ4n) is 1.97. The first-order valence-electron chi connectivity index (χ1n) is 5.45. The van der Waals surface area contributed by atoms with Crippen molar-refractivity contribution >= 4 is 5.97 Å². The van der Waals surface area contributed by atoms with Crippen LogP contribution in [0, 0.1) is 11.8 Å². The molecule has 1 fully saturated rings. The van der Waals surface area contributed by atoms with Gasteiger partial charge in [-0.2, -0.15) is 0 Å². The number of carboxylic acid groups (broad SMARTS) is 1. The Morgan fingerprint density at radius 1 is 1.43 bits per heavy atom. The van der Waals surface area contributed by atoms with Crippen LogP contribution in [0.1, 0.15) is 39.5 Å². The molecule has 1 aliphatic rings. The second kappa shape index (κ2) is 5.35. The van der Waals surface area contributed by atoms with Gasteiger partial charge in [0.2, 0.25) is 0 Å². The molecular weight excluding hydrogens is 180 g/mol. The summed E-state index contributed by atoms with van der Waals surface area (Å²) < 4.78 is 5.45. The van der Waals surface area contributed by atoms with Crippen LogP contribution >= 0.6 is 0 Å².